The average molecular weight is 217 g/mol. The minimum Gasteiger partial charge on any atom is -0.396 e. The summed E-state index contributed by atoms with van der Waals surface area (Å²) < 4.78 is 2.25. The Hall–Kier alpha value is -1.28. The van der Waals surface area contributed by atoms with Gasteiger partial charge in [-0.15, -0.1) is 0 Å². The van der Waals surface area contributed by atoms with Gasteiger partial charge in [-0.3, -0.25) is 0 Å². The van der Waals surface area contributed by atoms with Crippen molar-refractivity contribution in [3.8, 4) is 0 Å². The van der Waals surface area contributed by atoms with E-state index in [-0.39, 0.29) is 6.61 Å². The predicted octanol–water partition coefficient (Wildman–Crippen LogP) is 2.95. The molecule has 0 aliphatic carbocycles. The van der Waals surface area contributed by atoms with E-state index in [0.717, 1.165) is 13.0 Å². The quantitative estimate of drug-likeness (QED) is 0.840. The van der Waals surface area contributed by atoms with Crippen LogP contribution < -0.4 is 0 Å². The number of fused-ring (bicyclic) bond motifs is 1. The van der Waals surface area contributed by atoms with E-state index in [1.807, 2.05) is 0 Å². The predicted molar refractivity (Wildman–Crippen MR) is 67.9 cm³/mol. The van der Waals surface area contributed by atoms with Gasteiger partial charge in [0.25, 0.3) is 0 Å². The lowest BCUT2D eigenvalue weighted by Crippen LogP contribution is -1.98. The summed E-state index contributed by atoms with van der Waals surface area (Å²) in [6.07, 6.45) is 3.00. The van der Waals surface area contributed by atoms with Crippen molar-refractivity contribution in [3.63, 3.8) is 0 Å². The zero-order valence-corrected chi connectivity index (χ0v) is 10.2. The summed E-state index contributed by atoms with van der Waals surface area (Å²) >= 11 is 0. The summed E-state index contributed by atoms with van der Waals surface area (Å²) in [6, 6.07) is 4.46. The Morgan fingerprint density at radius 2 is 1.88 bits per heavy atom. The summed E-state index contributed by atoms with van der Waals surface area (Å²) in [5.74, 6) is 0. The Balaban J connectivity index is 2.59. The molecule has 0 amide bonds. The van der Waals surface area contributed by atoms with E-state index in [2.05, 4.69) is 43.7 Å². The van der Waals surface area contributed by atoms with E-state index in [4.69, 9.17) is 5.11 Å². The van der Waals surface area contributed by atoms with E-state index in [1.165, 1.54) is 27.6 Å². The second-order valence-electron chi connectivity index (χ2n) is 4.56. The van der Waals surface area contributed by atoms with Crippen molar-refractivity contribution >= 4 is 10.9 Å². The Bertz CT molecular complexity index is 511. The molecule has 0 aliphatic heterocycles. The number of hydrogen-bond donors (Lipinski definition) is 1. The fourth-order valence-electron chi connectivity index (χ4n) is 2.48. The molecule has 1 aromatic heterocycles. The molecule has 0 aliphatic rings. The fourth-order valence-corrected chi connectivity index (χ4v) is 2.48. The van der Waals surface area contributed by atoms with Gasteiger partial charge in [-0.25, -0.2) is 0 Å². The van der Waals surface area contributed by atoms with Crippen LogP contribution >= 0.6 is 0 Å². The lowest BCUT2D eigenvalue weighted by Gasteiger charge is -2.06. The van der Waals surface area contributed by atoms with Gasteiger partial charge in [0.15, 0.2) is 0 Å². The fraction of sp³-hybridized carbons (Fsp3) is 0.429. The summed E-state index contributed by atoms with van der Waals surface area (Å²) in [4.78, 5) is 0. The molecule has 0 spiro atoms. The molecule has 1 heterocycles. The van der Waals surface area contributed by atoms with Crippen LogP contribution in [0.1, 0.15) is 23.1 Å². The minimum atomic E-state index is 0.253. The van der Waals surface area contributed by atoms with E-state index in [0.29, 0.717) is 0 Å². The van der Waals surface area contributed by atoms with Gasteiger partial charge in [0.05, 0.1) is 0 Å². The molecular formula is C14H19NO. The van der Waals surface area contributed by atoms with Crippen LogP contribution in [0.15, 0.2) is 18.3 Å². The number of aliphatic hydroxyl groups is 1. The highest BCUT2D eigenvalue weighted by Gasteiger charge is 2.08. The summed E-state index contributed by atoms with van der Waals surface area (Å²) in [6.45, 7) is 7.59. The van der Waals surface area contributed by atoms with Crippen LogP contribution in [0, 0.1) is 20.8 Å². The lowest BCUT2D eigenvalue weighted by atomic mass is 10.1. The van der Waals surface area contributed by atoms with Crippen LogP contribution in [0.25, 0.3) is 10.9 Å². The second kappa shape index (κ2) is 4.30. The topological polar surface area (TPSA) is 25.2 Å². The van der Waals surface area contributed by atoms with Crippen molar-refractivity contribution in [1.29, 1.82) is 0 Å². The summed E-state index contributed by atoms with van der Waals surface area (Å²) in [5.41, 5.74) is 5.26. The van der Waals surface area contributed by atoms with Gasteiger partial charge in [-0.05, 0) is 49.9 Å². The molecule has 2 aromatic rings. The molecule has 1 N–H and O–H groups in total. The number of aryl methyl sites for hydroxylation is 4. The Morgan fingerprint density at radius 3 is 2.56 bits per heavy atom. The first-order chi connectivity index (χ1) is 7.63. The first-order valence-corrected chi connectivity index (χ1v) is 5.81. The number of hydrogen-bond acceptors (Lipinski definition) is 1. The monoisotopic (exact) mass is 217 g/mol. The van der Waals surface area contributed by atoms with Gasteiger partial charge in [0.2, 0.25) is 0 Å². The van der Waals surface area contributed by atoms with E-state index in [9.17, 15) is 0 Å². The molecule has 0 fully saturated rings. The first kappa shape index (κ1) is 11.2. The van der Waals surface area contributed by atoms with Gasteiger partial charge in [-0.2, -0.15) is 0 Å². The number of aromatic nitrogens is 1. The molecule has 0 radical (unpaired) electrons. The maximum atomic E-state index is 8.90. The average Bonchev–Trinajstić information content (AvgIpc) is 2.52. The van der Waals surface area contributed by atoms with Gasteiger partial charge in [-0.1, -0.05) is 6.07 Å². The standard InChI is InChI=1S/C14H19NO/c1-10-7-11(2)14-12(3)9-15(5-4-6-16)13(14)8-10/h7-9,16H,4-6H2,1-3H3. The van der Waals surface area contributed by atoms with Gasteiger partial charge < -0.3 is 9.67 Å². The highest BCUT2D eigenvalue weighted by atomic mass is 16.3. The third kappa shape index (κ3) is 1.85. The highest BCUT2D eigenvalue weighted by molar-refractivity contribution is 5.87. The second-order valence-corrected chi connectivity index (χ2v) is 4.56. The molecule has 0 saturated heterocycles. The van der Waals surface area contributed by atoms with Crippen LogP contribution in [-0.2, 0) is 6.54 Å². The molecule has 1 aromatic carbocycles. The molecule has 0 saturated carbocycles. The van der Waals surface area contributed by atoms with Crippen molar-refractivity contribution in [3.05, 3.63) is 35.0 Å². The van der Waals surface area contributed by atoms with Crippen LogP contribution in [0.2, 0.25) is 0 Å². The molecule has 0 unspecified atom stereocenters. The van der Waals surface area contributed by atoms with Gasteiger partial charge in [0.1, 0.15) is 0 Å². The Labute approximate surface area is 96.5 Å². The van der Waals surface area contributed by atoms with Crippen molar-refractivity contribution in [2.24, 2.45) is 0 Å². The summed E-state index contributed by atoms with van der Waals surface area (Å²) in [5, 5.41) is 10.3. The number of nitrogens with zero attached hydrogens (tertiary/aromatic N) is 1. The van der Waals surface area contributed by atoms with Crippen molar-refractivity contribution in [2.45, 2.75) is 33.7 Å². The summed E-state index contributed by atoms with van der Waals surface area (Å²) in [7, 11) is 0. The Kier molecular flexibility index (Phi) is 3.01. The largest absolute Gasteiger partial charge is 0.396 e. The van der Waals surface area contributed by atoms with Gasteiger partial charge in [0, 0.05) is 30.3 Å². The van der Waals surface area contributed by atoms with Crippen LogP contribution in [0.5, 0.6) is 0 Å². The number of benzene rings is 1. The molecular weight excluding hydrogens is 198 g/mol. The normalized spacial score (nSPS) is 11.2. The number of aliphatic hydroxyl groups excluding tert-OH is 1. The van der Waals surface area contributed by atoms with Crippen molar-refractivity contribution < 1.29 is 5.11 Å². The molecule has 0 atom stereocenters. The lowest BCUT2D eigenvalue weighted by molar-refractivity contribution is 0.280. The van der Waals surface area contributed by atoms with E-state index < -0.39 is 0 Å². The first-order valence-electron chi connectivity index (χ1n) is 5.81. The van der Waals surface area contributed by atoms with E-state index >= 15 is 0 Å². The SMILES string of the molecule is Cc1cc(C)c2c(C)cn(CCCO)c2c1. The van der Waals surface area contributed by atoms with Crippen molar-refractivity contribution in [1.82, 2.24) is 4.57 Å². The minimum absolute atomic E-state index is 0.253. The molecule has 86 valence electrons. The highest BCUT2D eigenvalue weighted by Crippen LogP contribution is 2.26. The third-order valence-corrected chi connectivity index (χ3v) is 3.07. The molecule has 16 heavy (non-hydrogen) atoms. The molecule has 2 rings (SSSR count). The van der Waals surface area contributed by atoms with Crippen molar-refractivity contribution in [2.75, 3.05) is 6.61 Å². The maximum Gasteiger partial charge on any atom is 0.0488 e. The molecule has 2 heteroatoms. The Morgan fingerprint density at radius 1 is 1.12 bits per heavy atom. The third-order valence-electron chi connectivity index (χ3n) is 3.07. The van der Waals surface area contributed by atoms with E-state index in [1.54, 1.807) is 0 Å². The zero-order valence-electron chi connectivity index (χ0n) is 10.2. The number of rotatable bonds is 3. The van der Waals surface area contributed by atoms with Crippen LogP contribution in [0.4, 0.5) is 0 Å². The molecule has 2 nitrogen and oxygen atoms in total. The maximum absolute atomic E-state index is 8.90. The zero-order chi connectivity index (χ0) is 11.7. The smallest absolute Gasteiger partial charge is 0.0488 e. The molecule has 0 bridgehead atoms. The van der Waals surface area contributed by atoms with Gasteiger partial charge >= 0.3 is 0 Å². The van der Waals surface area contributed by atoms with Crippen LogP contribution in [0.3, 0.4) is 0 Å². The van der Waals surface area contributed by atoms with Crippen LogP contribution in [-0.4, -0.2) is 16.3 Å².